The van der Waals surface area contributed by atoms with E-state index in [9.17, 15) is 0 Å². The van der Waals surface area contributed by atoms with Crippen molar-refractivity contribution < 1.29 is 125 Å². The van der Waals surface area contributed by atoms with E-state index in [4.69, 9.17) is 50.5 Å². The molecule has 0 atom stereocenters. The number of aromatic nitrogens is 2. The number of nitrogens with two attached hydrogens (primary N) is 2. The number of halogens is 1. The van der Waals surface area contributed by atoms with Crippen molar-refractivity contribution in [2.75, 3.05) is 39.9 Å². The van der Waals surface area contributed by atoms with Crippen molar-refractivity contribution in [1.29, 1.82) is 0 Å². The van der Waals surface area contributed by atoms with Gasteiger partial charge < -0.3 is 52.0 Å². The molecule has 0 spiro atoms. The summed E-state index contributed by atoms with van der Waals surface area (Å²) in [7, 11) is 2.82. The second kappa shape index (κ2) is 57.9. The number of nitrogens with zero attached hydrogens (tertiary/aromatic N) is 2. The maximum absolute atomic E-state index is 8.98. The molecular formula is C99H92BIN4Na2O9P4Pd. The van der Waals surface area contributed by atoms with E-state index in [1.54, 1.807) is 44.8 Å². The number of anilines is 2. The standard InChI is InChI=1S/4C18H15P.C13H14N2O2.C8H11BO4.C5H5IN2.CH2O3.2Na.Pd.H/c4*1-4-10-16(11-5-1)19(17-12-6-2-7-13-17)18-14-8-3-9-15-18;1-16-11-7-3-5-9(12(11)17-2)10-6-4-8-15-13(10)14;1-12-7-5-3-4-6(9(10)11)8(7)13-2;6-4-2-1-3-8-5(4)7;2-1-4-3;;;;/h4*1-15H;3-8H,1-2H3,(H2,14,15);3-5,10-11H,1-2H3;1-3H,(H2,7,8);1,3H;;;;/q;;;;;;;;2*+1;;-1/p-1. The van der Waals surface area contributed by atoms with Gasteiger partial charge in [0, 0.05) is 49.4 Å². The van der Waals surface area contributed by atoms with Gasteiger partial charge >= 0.3 is 66.2 Å². The van der Waals surface area contributed by atoms with E-state index in [0.717, 1.165) is 14.7 Å². The summed E-state index contributed by atoms with van der Waals surface area (Å²) < 4.78 is 21.6. The van der Waals surface area contributed by atoms with Crippen LogP contribution >= 0.6 is 54.3 Å². The summed E-state index contributed by atoms with van der Waals surface area (Å²) in [5.74, 6) is 3.24. The van der Waals surface area contributed by atoms with Crippen molar-refractivity contribution >= 4 is 149 Å². The molecular weight excluding hydrogens is 1800 g/mol. The second-order valence-electron chi connectivity index (χ2n) is 24.9. The predicted molar refractivity (Wildman–Crippen MR) is 507 cm³/mol. The summed E-state index contributed by atoms with van der Waals surface area (Å²) in [5, 5.41) is 43.2. The smallest absolute Gasteiger partial charge is 1.00 e. The van der Waals surface area contributed by atoms with E-state index < -0.39 is 38.8 Å². The Bertz CT molecular complexity index is 4590. The number of rotatable bonds is 19. The molecule has 6 N–H and O–H groups in total. The zero-order valence-corrected chi connectivity index (χ0v) is 79.3. The van der Waals surface area contributed by atoms with Crippen LogP contribution in [0.5, 0.6) is 23.0 Å². The number of carbonyl (C=O) groups excluding carboxylic acids is 1. The van der Waals surface area contributed by atoms with Crippen molar-refractivity contribution in [2.45, 2.75) is 0 Å². The number of carbonyl (C=O) groups is 1. The molecule has 0 aliphatic rings. The molecule has 0 aliphatic heterocycles. The first-order valence-corrected chi connectivity index (χ1v) is 43.8. The van der Waals surface area contributed by atoms with Crippen LogP contribution < -0.4 is 164 Å². The Morgan fingerprint density at radius 2 is 0.529 bits per heavy atom. The molecule has 2 heterocycles. The summed E-state index contributed by atoms with van der Waals surface area (Å²) in [4.78, 5) is 19.2. The molecule has 0 saturated heterocycles. The van der Waals surface area contributed by atoms with Gasteiger partial charge in [0.05, 0.1) is 32.0 Å². The van der Waals surface area contributed by atoms with Crippen molar-refractivity contribution in [3.05, 3.63) is 441 Å². The molecule has 16 aromatic rings. The topological polar surface area (TPSA) is 205 Å². The Morgan fingerprint density at radius 1 is 0.314 bits per heavy atom. The minimum Gasteiger partial charge on any atom is -1.00 e. The van der Waals surface area contributed by atoms with Gasteiger partial charge in [-0.15, -0.1) is 0 Å². The normalized spacial score (nSPS) is 9.85. The van der Waals surface area contributed by atoms with Crippen LogP contribution in [0.2, 0.25) is 0 Å². The molecule has 604 valence electrons. The monoisotopic (exact) mass is 1890 g/mol. The number of para-hydroxylation sites is 2. The molecule has 0 aliphatic carbocycles. The van der Waals surface area contributed by atoms with Gasteiger partial charge in [0.1, 0.15) is 11.6 Å². The summed E-state index contributed by atoms with van der Waals surface area (Å²) >= 11 is 2.14. The van der Waals surface area contributed by atoms with Gasteiger partial charge in [0.2, 0.25) is 0 Å². The van der Waals surface area contributed by atoms with E-state index in [0.29, 0.717) is 40.1 Å². The van der Waals surface area contributed by atoms with E-state index >= 15 is 0 Å². The van der Waals surface area contributed by atoms with Crippen LogP contribution in [0.25, 0.3) is 11.1 Å². The number of ether oxygens (including phenoxy) is 4. The van der Waals surface area contributed by atoms with Crippen LogP contribution in [-0.2, 0) is 30.1 Å². The quantitative estimate of drug-likeness (QED) is 0.0149. The second-order valence-corrected chi connectivity index (χ2v) is 34.9. The van der Waals surface area contributed by atoms with Crippen molar-refractivity contribution in [1.82, 2.24) is 9.97 Å². The number of hydrogen-bond acceptors (Lipinski definition) is 13. The zero-order valence-electron chi connectivity index (χ0n) is 69.0. The molecule has 22 heteroatoms. The van der Waals surface area contributed by atoms with Crippen LogP contribution in [0.4, 0.5) is 11.6 Å². The molecule has 13 nitrogen and oxygen atoms in total. The van der Waals surface area contributed by atoms with Gasteiger partial charge in [-0.25, -0.2) is 9.97 Å². The summed E-state index contributed by atoms with van der Waals surface area (Å²) in [6.07, 6.45) is 3.34. The number of methoxy groups -OCH3 is 4. The number of hydrogen-bond donors (Lipinski definition) is 4. The van der Waals surface area contributed by atoms with E-state index in [-0.39, 0.29) is 87.4 Å². The van der Waals surface area contributed by atoms with E-state index in [2.05, 4.69) is 401 Å². The average molecular weight is 1900 g/mol. The third kappa shape index (κ3) is 32.2. The van der Waals surface area contributed by atoms with E-state index in [1.165, 1.54) is 77.9 Å². The molecule has 0 radical (unpaired) electrons. The molecule has 0 bridgehead atoms. The van der Waals surface area contributed by atoms with Crippen LogP contribution in [0.1, 0.15) is 1.43 Å². The summed E-state index contributed by atoms with van der Waals surface area (Å²) in [6.45, 7) is -0.181. The summed E-state index contributed by atoms with van der Waals surface area (Å²) in [6, 6.07) is 147. The third-order valence-electron chi connectivity index (χ3n) is 17.2. The molecule has 16 rings (SSSR count). The van der Waals surface area contributed by atoms with Crippen LogP contribution in [-0.4, -0.2) is 62.0 Å². The fourth-order valence-electron chi connectivity index (χ4n) is 12.0. The maximum Gasteiger partial charge on any atom is 1.00 e. The Kier molecular flexibility index (Phi) is 48.1. The van der Waals surface area contributed by atoms with Crippen molar-refractivity contribution in [2.24, 2.45) is 0 Å². The Labute approximate surface area is 790 Å². The van der Waals surface area contributed by atoms with Crippen LogP contribution in [0.15, 0.2) is 437 Å². The molecule has 121 heavy (non-hydrogen) atoms. The minimum atomic E-state index is -1.55. The van der Waals surface area contributed by atoms with Crippen molar-refractivity contribution in [3.63, 3.8) is 0 Å². The number of nitrogen functional groups attached to an aromatic ring is 2. The Hall–Kier alpha value is -9.29. The van der Waals surface area contributed by atoms with Gasteiger partial charge in [-0.1, -0.05) is 388 Å². The van der Waals surface area contributed by atoms with Crippen LogP contribution in [0, 0.1) is 3.57 Å². The van der Waals surface area contributed by atoms with Gasteiger partial charge in [-0.05, 0) is 154 Å². The fourth-order valence-corrected chi connectivity index (χ4v) is 21.5. The average Bonchev–Trinajstić information content (AvgIpc) is 0.821. The SMILES string of the molecule is COc1cccc(-c2cccnc2N)c1OC.COc1cccc(B(O)O)c1OC.Nc1ncccc1I.O=CO[O-].[H-].[Na+].[Na+].[Pd].c1ccc(P(c2ccccc2)c2ccccc2)cc1.c1ccc(P(c2ccccc2)c2ccccc2)cc1.c1ccc(P(c2ccccc2)c2ccccc2)cc1.c1ccc(P(c2ccccc2)c2ccccc2)cc1. The predicted octanol–water partition coefficient (Wildman–Crippen LogP) is 9.33. The third-order valence-corrected chi connectivity index (χ3v) is 27.9. The Morgan fingerprint density at radius 3 is 0.719 bits per heavy atom. The molecule has 0 unspecified atom stereocenters. The molecule has 0 fully saturated rings. The van der Waals surface area contributed by atoms with E-state index in [1.807, 2.05) is 42.5 Å². The molecule has 0 amide bonds. The van der Waals surface area contributed by atoms with Crippen molar-refractivity contribution in [3.8, 4) is 34.1 Å². The minimum absolute atomic E-state index is 0. The first-order valence-electron chi connectivity index (χ1n) is 37.4. The first kappa shape index (κ1) is 101. The van der Waals surface area contributed by atoms with Gasteiger partial charge in [-0.2, -0.15) is 0 Å². The van der Waals surface area contributed by atoms with Gasteiger partial charge in [-0.3, -0.25) is 4.79 Å². The summed E-state index contributed by atoms with van der Waals surface area (Å²) in [5.41, 5.74) is 13.3. The fraction of sp³-hybridized carbons (Fsp3) is 0.0404. The van der Waals surface area contributed by atoms with Gasteiger partial charge in [0.15, 0.2) is 23.0 Å². The maximum atomic E-state index is 8.98. The number of benzene rings is 14. The first-order chi connectivity index (χ1) is 58.0. The van der Waals surface area contributed by atoms with Gasteiger partial charge in [0.25, 0.3) is 6.47 Å². The molecule has 14 aromatic carbocycles. The largest absolute Gasteiger partial charge is 1.00 e. The Balaban J connectivity index is 0.000000252. The zero-order chi connectivity index (χ0) is 83.2. The number of pyridine rings is 2. The van der Waals surface area contributed by atoms with Crippen LogP contribution in [0.3, 0.4) is 0 Å². The molecule has 2 aromatic heterocycles. The molecule has 0 saturated carbocycles.